The van der Waals surface area contributed by atoms with Gasteiger partial charge in [0.15, 0.2) is 0 Å². The molecule has 0 atom stereocenters. The van der Waals surface area contributed by atoms with E-state index in [0.29, 0.717) is 19.5 Å². The Labute approximate surface area is 104 Å². The molecule has 1 saturated heterocycles. The molecule has 96 valence electrons. The third kappa shape index (κ3) is 4.24. The summed E-state index contributed by atoms with van der Waals surface area (Å²) in [5.74, 6) is 1.18. The number of sulfonamides is 1. The first-order valence-corrected chi connectivity index (χ1v) is 8.15. The lowest BCUT2D eigenvalue weighted by atomic mass is 10.3. The van der Waals surface area contributed by atoms with Gasteiger partial charge in [-0.1, -0.05) is 6.92 Å². The molecule has 0 unspecified atom stereocenters. The number of piperazine rings is 1. The molecule has 0 aromatic carbocycles. The maximum Gasteiger partial charge on any atom is 0.214 e. The highest BCUT2D eigenvalue weighted by Gasteiger charge is 2.25. The number of hydrogen-bond acceptors (Lipinski definition) is 4. The monoisotopic (exact) mass is 266 g/mol. The average Bonchev–Trinajstić information content (AvgIpc) is 2.27. The van der Waals surface area contributed by atoms with E-state index in [0.717, 1.165) is 31.8 Å². The Bertz CT molecular complexity index is 285. The maximum absolute atomic E-state index is 11.8. The van der Waals surface area contributed by atoms with Crippen LogP contribution >= 0.6 is 12.6 Å². The van der Waals surface area contributed by atoms with Crippen molar-refractivity contribution in [1.29, 1.82) is 0 Å². The predicted molar refractivity (Wildman–Crippen MR) is 70.6 cm³/mol. The zero-order valence-electron chi connectivity index (χ0n) is 9.93. The standard InChI is InChI=1S/C10H22N2O2S2/c1-2-10-16(13,14)12-7-5-11(6-8-12)4-3-9-15/h15H,2-10H2,1H3. The Hall–Kier alpha value is 0.220. The topological polar surface area (TPSA) is 40.6 Å². The van der Waals surface area contributed by atoms with Crippen LogP contribution in [-0.2, 0) is 10.0 Å². The van der Waals surface area contributed by atoms with Crippen LogP contribution in [0.25, 0.3) is 0 Å². The van der Waals surface area contributed by atoms with Gasteiger partial charge >= 0.3 is 0 Å². The van der Waals surface area contributed by atoms with Crippen molar-refractivity contribution in [2.75, 3.05) is 44.2 Å². The summed E-state index contributed by atoms with van der Waals surface area (Å²) in [6.07, 6.45) is 1.77. The number of nitrogens with zero attached hydrogens (tertiary/aromatic N) is 2. The third-order valence-corrected chi connectivity index (χ3v) is 5.21. The van der Waals surface area contributed by atoms with Gasteiger partial charge in [0.05, 0.1) is 5.75 Å². The first kappa shape index (κ1) is 14.3. The van der Waals surface area contributed by atoms with E-state index in [4.69, 9.17) is 0 Å². The van der Waals surface area contributed by atoms with E-state index in [-0.39, 0.29) is 5.75 Å². The quantitative estimate of drug-likeness (QED) is 0.718. The third-order valence-electron chi connectivity index (χ3n) is 2.82. The molecule has 0 aliphatic carbocycles. The zero-order valence-corrected chi connectivity index (χ0v) is 11.6. The molecule has 6 heteroatoms. The number of rotatable bonds is 6. The molecule has 16 heavy (non-hydrogen) atoms. The summed E-state index contributed by atoms with van der Waals surface area (Å²) in [5, 5.41) is 0. The van der Waals surface area contributed by atoms with E-state index in [9.17, 15) is 8.42 Å². The lowest BCUT2D eigenvalue weighted by Gasteiger charge is -2.33. The van der Waals surface area contributed by atoms with Crippen LogP contribution in [0.4, 0.5) is 0 Å². The molecule has 4 nitrogen and oxygen atoms in total. The van der Waals surface area contributed by atoms with Crippen molar-refractivity contribution in [3.63, 3.8) is 0 Å². The van der Waals surface area contributed by atoms with Crippen LogP contribution in [0.15, 0.2) is 0 Å². The molecular weight excluding hydrogens is 244 g/mol. The van der Waals surface area contributed by atoms with Crippen molar-refractivity contribution in [3.8, 4) is 0 Å². The average molecular weight is 266 g/mol. The Balaban J connectivity index is 2.37. The SMILES string of the molecule is CCCS(=O)(=O)N1CCN(CCCS)CC1. The molecule has 0 amide bonds. The van der Waals surface area contributed by atoms with Crippen LogP contribution in [-0.4, -0.2) is 61.9 Å². The molecule has 0 aromatic rings. The second kappa shape index (κ2) is 6.83. The van der Waals surface area contributed by atoms with Gasteiger partial charge in [-0.2, -0.15) is 16.9 Å². The maximum atomic E-state index is 11.8. The molecule has 0 spiro atoms. The Kier molecular flexibility index (Phi) is 6.10. The summed E-state index contributed by atoms with van der Waals surface area (Å²) in [6.45, 7) is 5.95. The van der Waals surface area contributed by atoms with Gasteiger partial charge in [-0.05, 0) is 25.1 Å². The molecule has 1 rings (SSSR count). The normalized spacial score (nSPS) is 20.1. The van der Waals surface area contributed by atoms with Crippen LogP contribution < -0.4 is 0 Å². The van der Waals surface area contributed by atoms with Gasteiger partial charge in [0.2, 0.25) is 10.0 Å². The van der Waals surface area contributed by atoms with Crippen molar-refractivity contribution in [3.05, 3.63) is 0 Å². The minimum absolute atomic E-state index is 0.281. The van der Waals surface area contributed by atoms with Crippen LogP contribution in [0, 0.1) is 0 Å². The second-order valence-corrected chi connectivity index (χ2v) is 6.67. The molecule has 0 radical (unpaired) electrons. The molecule has 0 aromatic heterocycles. The minimum Gasteiger partial charge on any atom is -0.301 e. The lowest BCUT2D eigenvalue weighted by molar-refractivity contribution is 0.189. The highest BCUT2D eigenvalue weighted by molar-refractivity contribution is 7.89. The molecule has 1 aliphatic rings. The van der Waals surface area contributed by atoms with Crippen molar-refractivity contribution in [2.24, 2.45) is 0 Å². The molecule has 0 bridgehead atoms. The number of hydrogen-bond donors (Lipinski definition) is 1. The Morgan fingerprint density at radius 2 is 1.81 bits per heavy atom. The summed E-state index contributed by atoms with van der Waals surface area (Å²) < 4.78 is 25.2. The highest BCUT2D eigenvalue weighted by atomic mass is 32.2. The van der Waals surface area contributed by atoms with Crippen molar-refractivity contribution in [2.45, 2.75) is 19.8 Å². The summed E-state index contributed by atoms with van der Waals surface area (Å²) in [4.78, 5) is 2.31. The summed E-state index contributed by atoms with van der Waals surface area (Å²) in [7, 11) is -2.99. The largest absolute Gasteiger partial charge is 0.301 e. The van der Waals surface area contributed by atoms with Crippen molar-refractivity contribution >= 4 is 22.7 Å². The lowest BCUT2D eigenvalue weighted by Crippen LogP contribution is -2.49. The smallest absolute Gasteiger partial charge is 0.214 e. The second-order valence-electron chi connectivity index (χ2n) is 4.13. The van der Waals surface area contributed by atoms with Gasteiger partial charge in [0.1, 0.15) is 0 Å². The fraction of sp³-hybridized carbons (Fsp3) is 1.00. The molecule has 1 heterocycles. The van der Waals surface area contributed by atoms with Gasteiger partial charge in [-0.15, -0.1) is 0 Å². The van der Waals surface area contributed by atoms with Crippen LogP contribution in [0.1, 0.15) is 19.8 Å². The molecular formula is C10H22N2O2S2. The first-order chi connectivity index (χ1) is 7.60. The molecule has 0 N–H and O–H groups in total. The van der Waals surface area contributed by atoms with E-state index >= 15 is 0 Å². The van der Waals surface area contributed by atoms with Gasteiger partial charge < -0.3 is 4.90 Å². The van der Waals surface area contributed by atoms with Crippen LogP contribution in [0.5, 0.6) is 0 Å². The van der Waals surface area contributed by atoms with Crippen molar-refractivity contribution in [1.82, 2.24) is 9.21 Å². The fourth-order valence-corrected chi connectivity index (χ4v) is 3.55. The van der Waals surface area contributed by atoms with Crippen LogP contribution in [0.3, 0.4) is 0 Å². The fourth-order valence-electron chi connectivity index (χ4n) is 1.91. The summed E-state index contributed by atoms with van der Waals surface area (Å²) >= 11 is 4.18. The summed E-state index contributed by atoms with van der Waals surface area (Å²) in [5.41, 5.74) is 0. The summed E-state index contributed by atoms with van der Waals surface area (Å²) in [6, 6.07) is 0. The van der Waals surface area contributed by atoms with Crippen LogP contribution in [0.2, 0.25) is 0 Å². The molecule has 1 aliphatic heterocycles. The van der Waals surface area contributed by atoms with E-state index < -0.39 is 10.0 Å². The van der Waals surface area contributed by atoms with Gasteiger partial charge in [-0.25, -0.2) is 8.42 Å². The van der Waals surface area contributed by atoms with Gasteiger partial charge in [0, 0.05) is 26.2 Å². The molecule has 0 saturated carbocycles. The van der Waals surface area contributed by atoms with E-state index in [1.54, 1.807) is 4.31 Å². The highest BCUT2D eigenvalue weighted by Crippen LogP contribution is 2.09. The first-order valence-electron chi connectivity index (χ1n) is 5.91. The zero-order chi connectivity index (χ0) is 12.0. The van der Waals surface area contributed by atoms with Gasteiger partial charge in [-0.3, -0.25) is 0 Å². The van der Waals surface area contributed by atoms with Crippen molar-refractivity contribution < 1.29 is 8.42 Å². The Morgan fingerprint density at radius 1 is 1.19 bits per heavy atom. The van der Waals surface area contributed by atoms with E-state index in [1.807, 2.05) is 6.92 Å². The molecule has 1 fully saturated rings. The predicted octanol–water partition coefficient (Wildman–Crippen LogP) is 0.664. The minimum atomic E-state index is -2.99. The van der Waals surface area contributed by atoms with Gasteiger partial charge in [0.25, 0.3) is 0 Å². The van der Waals surface area contributed by atoms with E-state index in [1.165, 1.54) is 0 Å². The Morgan fingerprint density at radius 3 is 2.31 bits per heavy atom. The van der Waals surface area contributed by atoms with E-state index in [2.05, 4.69) is 17.5 Å². The number of thiol groups is 1.